The second kappa shape index (κ2) is 12.3. The standard InChI is InChI=1S/C52H40N2/c53-32-41-14-7-8-17-45(41)40-19-21-48-47(28-40)46-20-18-39(29-49(46)52(48)43-23-33-22-34(25-43)26-44(52)24-33)37-15-9-16-38(27-37)42-30-50(35-10-3-1-4-11-35)54-51(31-42)36-12-5-2-6-13-36/h1-21,27-31,33-34,43-44H,22-26H2. The van der Waals surface area contributed by atoms with Crippen molar-refractivity contribution in [2.75, 3.05) is 0 Å². The second-order valence-corrected chi connectivity index (χ2v) is 16.3. The molecule has 2 heteroatoms. The SMILES string of the molecule is N#Cc1ccccc1-c1ccc2c(c1)-c1ccc(-c3cccc(-c4cc(-c5ccccc5)nc(-c5ccccc5)c4)c3)cc1C21C2CC3CC(C2)CC1C3. The number of nitriles is 1. The largest absolute Gasteiger partial charge is 0.248 e. The van der Waals surface area contributed by atoms with Gasteiger partial charge in [0.15, 0.2) is 0 Å². The predicted molar refractivity (Wildman–Crippen MR) is 219 cm³/mol. The van der Waals surface area contributed by atoms with Crippen molar-refractivity contribution in [2.24, 2.45) is 23.7 Å². The van der Waals surface area contributed by atoms with Crippen LogP contribution in [0.15, 0.2) is 158 Å². The molecule has 54 heavy (non-hydrogen) atoms. The Morgan fingerprint density at radius 2 is 1.00 bits per heavy atom. The van der Waals surface area contributed by atoms with E-state index in [-0.39, 0.29) is 5.41 Å². The summed E-state index contributed by atoms with van der Waals surface area (Å²) in [4.78, 5) is 5.14. The quantitative estimate of drug-likeness (QED) is 0.180. The molecule has 4 bridgehead atoms. The van der Waals surface area contributed by atoms with E-state index in [1.54, 1.807) is 5.56 Å². The molecule has 6 aromatic carbocycles. The number of fused-ring (bicyclic) bond motifs is 3. The van der Waals surface area contributed by atoms with Crippen LogP contribution in [-0.2, 0) is 5.41 Å². The average molecular weight is 693 g/mol. The molecular weight excluding hydrogens is 653 g/mol. The summed E-state index contributed by atoms with van der Waals surface area (Å²) in [5, 5.41) is 9.98. The Kier molecular flexibility index (Phi) is 7.15. The summed E-state index contributed by atoms with van der Waals surface area (Å²) in [6.07, 6.45) is 6.83. The summed E-state index contributed by atoms with van der Waals surface area (Å²) >= 11 is 0. The van der Waals surface area contributed by atoms with Crippen molar-refractivity contribution in [3.05, 3.63) is 174 Å². The maximum absolute atomic E-state index is 9.98. The molecule has 0 aliphatic heterocycles. The Morgan fingerprint density at radius 1 is 0.426 bits per heavy atom. The molecule has 2 nitrogen and oxygen atoms in total. The van der Waals surface area contributed by atoms with Crippen molar-refractivity contribution in [1.29, 1.82) is 5.26 Å². The highest BCUT2D eigenvalue weighted by Crippen LogP contribution is 2.69. The van der Waals surface area contributed by atoms with E-state index in [0.717, 1.165) is 51.0 Å². The Hall–Kier alpha value is -6.04. The molecule has 0 unspecified atom stereocenters. The van der Waals surface area contributed by atoms with E-state index < -0.39 is 0 Å². The Bertz CT molecular complexity index is 2540. The maximum atomic E-state index is 9.98. The number of hydrogen-bond donors (Lipinski definition) is 0. The van der Waals surface area contributed by atoms with Crippen molar-refractivity contribution < 1.29 is 0 Å². The molecule has 5 aliphatic carbocycles. The van der Waals surface area contributed by atoms with Crippen LogP contribution in [0.5, 0.6) is 0 Å². The number of hydrogen-bond acceptors (Lipinski definition) is 2. The van der Waals surface area contributed by atoms with Crippen LogP contribution in [0.2, 0.25) is 0 Å². The minimum Gasteiger partial charge on any atom is -0.248 e. The molecule has 1 spiro atoms. The summed E-state index contributed by atoms with van der Waals surface area (Å²) in [6, 6.07) is 59.6. The van der Waals surface area contributed by atoms with Gasteiger partial charge in [0.05, 0.1) is 23.0 Å². The fraction of sp³-hybridized carbons (Fsp3) is 0.192. The van der Waals surface area contributed by atoms with Crippen molar-refractivity contribution in [1.82, 2.24) is 4.98 Å². The van der Waals surface area contributed by atoms with Gasteiger partial charge in [-0.3, -0.25) is 0 Å². The van der Waals surface area contributed by atoms with Gasteiger partial charge >= 0.3 is 0 Å². The molecule has 0 radical (unpaired) electrons. The van der Waals surface area contributed by atoms with Crippen molar-refractivity contribution in [3.63, 3.8) is 0 Å². The summed E-state index contributed by atoms with van der Waals surface area (Å²) < 4.78 is 0. The molecule has 0 amide bonds. The van der Waals surface area contributed by atoms with Crippen LogP contribution in [0.25, 0.3) is 67.0 Å². The van der Waals surface area contributed by atoms with Gasteiger partial charge in [0.2, 0.25) is 0 Å². The highest BCUT2D eigenvalue weighted by molar-refractivity contribution is 5.89. The first-order valence-electron chi connectivity index (χ1n) is 19.7. The van der Waals surface area contributed by atoms with Crippen molar-refractivity contribution in [2.45, 2.75) is 37.5 Å². The molecule has 258 valence electrons. The third-order valence-corrected chi connectivity index (χ3v) is 13.5. The van der Waals surface area contributed by atoms with Gasteiger partial charge in [-0.25, -0.2) is 4.98 Å². The molecule has 1 aromatic heterocycles. The van der Waals surface area contributed by atoms with Crippen LogP contribution < -0.4 is 0 Å². The van der Waals surface area contributed by atoms with E-state index in [0.29, 0.717) is 11.8 Å². The van der Waals surface area contributed by atoms with Gasteiger partial charge in [0.25, 0.3) is 0 Å². The van der Waals surface area contributed by atoms with Gasteiger partial charge in [0, 0.05) is 16.5 Å². The molecule has 0 atom stereocenters. The molecule has 5 aliphatic rings. The second-order valence-electron chi connectivity index (χ2n) is 16.3. The van der Waals surface area contributed by atoms with Crippen LogP contribution in [-0.4, -0.2) is 4.98 Å². The van der Waals surface area contributed by atoms with Crippen molar-refractivity contribution >= 4 is 0 Å². The first kappa shape index (κ1) is 31.5. The minimum absolute atomic E-state index is 0.0548. The first-order valence-corrected chi connectivity index (χ1v) is 19.7. The van der Waals surface area contributed by atoms with Crippen LogP contribution in [0.1, 0.15) is 48.8 Å². The Balaban J connectivity index is 1.05. The summed E-state index contributed by atoms with van der Waals surface area (Å²) in [6.45, 7) is 0. The Morgan fingerprint density at radius 3 is 1.67 bits per heavy atom. The van der Waals surface area contributed by atoms with E-state index in [9.17, 15) is 5.26 Å². The van der Waals surface area contributed by atoms with E-state index in [1.165, 1.54) is 71.0 Å². The fourth-order valence-electron chi connectivity index (χ4n) is 11.5. The van der Waals surface area contributed by atoms with E-state index >= 15 is 0 Å². The number of pyridine rings is 1. The zero-order valence-electron chi connectivity index (χ0n) is 30.3. The lowest BCUT2D eigenvalue weighted by atomic mass is 9.43. The van der Waals surface area contributed by atoms with Crippen molar-refractivity contribution in [3.8, 4) is 73.1 Å². The normalized spacial score (nSPS) is 22.9. The zero-order chi connectivity index (χ0) is 35.8. The number of benzene rings is 6. The van der Waals surface area contributed by atoms with Gasteiger partial charge in [-0.15, -0.1) is 0 Å². The third kappa shape index (κ3) is 4.81. The number of rotatable bonds is 5. The van der Waals surface area contributed by atoms with Gasteiger partial charge in [0.1, 0.15) is 0 Å². The highest BCUT2D eigenvalue weighted by Gasteiger charge is 2.61. The predicted octanol–water partition coefficient (Wildman–Crippen LogP) is 13.0. The molecule has 12 rings (SSSR count). The number of aromatic nitrogens is 1. The van der Waals surface area contributed by atoms with Gasteiger partial charge < -0.3 is 0 Å². The van der Waals surface area contributed by atoms with Crippen LogP contribution in [0, 0.1) is 35.0 Å². The number of nitrogens with zero attached hydrogens (tertiary/aromatic N) is 2. The lowest BCUT2D eigenvalue weighted by Gasteiger charge is -2.61. The van der Waals surface area contributed by atoms with E-state index in [2.05, 4.69) is 146 Å². The zero-order valence-corrected chi connectivity index (χ0v) is 30.3. The van der Waals surface area contributed by atoms with Crippen LogP contribution in [0.4, 0.5) is 0 Å². The Labute approximate surface area is 317 Å². The highest BCUT2D eigenvalue weighted by atomic mass is 14.7. The fourth-order valence-corrected chi connectivity index (χ4v) is 11.5. The monoisotopic (exact) mass is 692 g/mol. The summed E-state index contributed by atoms with van der Waals surface area (Å²) in [5.41, 5.74) is 17.9. The molecule has 1 heterocycles. The summed E-state index contributed by atoms with van der Waals surface area (Å²) in [5.74, 6) is 3.12. The van der Waals surface area contributed by atoms with Gasteiger partial charge in [-0.05, 0) is 148 Å². The van der Waals surface area contributed by atoms with E-state index in [1.807, 2.05) is 18.2 Å². The summed E-state index contributed by atoms with van der Waals surface area (Å²) in [7, 11) is 0. The van der Waals surface area contributed by atoms with Gasteiger partial charge in [-0.2, -0.15) is 5.26 Å². The van der Waals surface area contributed by atoms with E-state index in [4.69, 9.17) is 4.98 Å². The molecule has 4 fully saturated rings. The lowest BCUT2D eigenvalue weighted by molar-refractivity contribution is -0.0399. The van der Waals surface area contributed by atoms with Crippen LogP contribution >= 0.6 is 0 Å². The lowest BCUT2D eigenvalue weighted by Crippen LogP contribution is -2.55. The molecule has 7 aromatic rings. The molecule has 0 N–H and O–H groups in total. The average Bonchev–Trinajstić information content (AvgIpc) is 3.52. The maximum Gasteiger partial charge on any atom is 0.0998 e. The third-order valence-electron chi connectivity index (χ3n) is 13.5. The smallest absolute Gasteiger partial charge is 0.0998 e. The van der Waals surface area contributed by atoms with Crippen LogP contribution in [0.3, 0.4) is 0 Å². The molecular formula is C52H40N2. The first-order chi connectivity index (χ1) is 26.7. The minimum atomic E-state index is 0.0548. The molecule has 0 saturated heterocycles. The topological polar surface area (TPSA) is 36.7 Å². The molecule has 4 saturated carbocycles. The van der Waals surface area contributed by atoms with Gasteiger partial charge in [-0.1, -0.05) is 121 Å².